The second-order valence-electron chi connectivity index (χ2n) is 5.06. The van der Waals surface area contributed by atoms with E-state index in [2.05, 4.69) is 14.9 Å². The van der Waals surface area contributed by atoms with E-state index in [0.29, 0.717) is 6.04 Å². The summed E-state index contributed by atoms with van der Waals surface area (Å²) in [6.07, 6.45) is 7.35. The van der Waals surface area contributed by atoms with Gasteiger partial charge in [0.1, 0.15) is 5.82 Å². The smallest absolute Gasteiger partial charge is 0.123 e. The zero-order valence-electron chi connectivity index (χ0n) is 10.8. The molecule has 1 atom stereocenters. The first kappa shape index (κ1) is 12.4. The van der Waals surface area contributed by atoms with E-state index in [1.54, 1.807) is 12.1 Å². The minimum absolute atomic E-state index is 0.204. The summed E-state index contributed by atoms with van der Waals surface area (Å²) in [4.78, 5) is 4.21. The molecule has 1 fully saturated rings. The molecule has 2 heterocycles. The first-order valence-corrected chi connectivity index (χ1v) is 6.82. The Hall–Kier alpha value is -1.68. The Morgan fingerprint density at radius 3 is 2.89 bits per heavy atom. The van der Waals surface area contributed by atoms with Gasteiger partial charge in [-0.1, -0.05) is 0 Å². The minimum atomic E-state index is -0.204. The largest absolute Gasteiger partial charge is 0.331 e. The van der Waals surface area contributed by atoms with Gasteiger partial charge in [0.2, 0.25) is 0 Å². The number of hydrogen-bond donors (Lipinski definition) is 1. The predicted molar refractivity (Wildman–Crippen MR) is 73.3 cm³/mol. The average molecular weight is 259 g/mol. The zero-order chi connectivity index (χ0) is 13.1. The summed E-state index contributed by atoms with van der Waals surface area (Å²) in [6.45, 7) is 2.09. The molecule has 0 aliphatic carbocycles. The van der Waals surface area contributed by atoms with Crippen molar-refractivity contribution in [3.8, 4) is 11.3 Å². The SMILES string of the molecule is Fc1ccc(-c2cncn2CCC2CCCN2)cc1. The van der Waals surface area contributed by atoms with Crippen molar-refractivity contribution >= 4 is 0 Å². The molecule has 1 aliphatic rings. The van der Waals surface area contributed by atoms with E-state index in [9.17, 15) is 4.39 Å². The summed E-state index contributed by atoms with van der Waals surface area (Å²) in [7, 11) is 0. The van der Waals surface area contributed by atoms with Crippen molar-refractivity contribution in [2.24, 2.45) is 0 Å². The van der Waals surface area contributed by atoms with Crippen LogP contribution in [0.2, 0.25) is 0 Å². The molecule has 4 heteroatoms. The van der Waals surface area contributed by atoms with E-state index < -0.39 is 0 Å². The molecular weight excluding hydrogens is 241 g/mol. The van der Waals surface area contributed by atoms with E-state index in [1.807, 2.05) is 12.5 Å². The average Bonchev–Trinajstić information content (AvgIpc) is 3.08. The first-order valence-electron chi connectivity index (χ1n) is 6.82. The molecule has 1 unspecified atom stereocenters. The Labute approximate surface area is 112 Å². The van der Waals surface area contributed by atoms with Crippen LogP contribution in [0.15, 0.2) is 36.8 Å². The van der Waals surface area contributed by atoms with Gasteiger partial charge in [0.05, 0.1) is 18.2 Å². The molecular formula is C15H18FN3. The Bertz CT molecular complexity index is 527. The summed E-state index contributed by atoms with van der Waals surface area (Å²) in [5.74, 6) is -0.204. The molecule has 3 nitrogen and oxygen atoms in total. The van der Waals surface area contributed by atoms with Gasteiger partial charge in [-0.25, -0.2) is 9.37 Å². The van der Waals surface area contributed by atoms with Crippen molar-refractivity contribution < 1.29 is 4.39 Å². The second kappa shape index (κ2) is 5.53. The van der Waals surface area contributed by atoms with E-state index >= 15 is 0 Å². The van der Waals surface area contributed by atoms with Crippen molar-refractivity contribution in [3.05, 3.63) is 42.6 Å². The highest BCUT2D eigenvalue weighted by molar-refractivity contribution is 5.58. The van der Waals surface area contributed by atoms with Gasteiger partial charge in [0.15, 0.2) is 0 Å². The van der Waals surface area contributed by atoms with E-state index in [4.69, 9.17) is 0 Å². The number of nitrogens with one attached hydrogen (secondary N) is 1. The lowest BCUT2D eigenvalue weighted by atomic mass is 10.1. The summed E-state index contributed by atoms with van der Waals surface area (Å²) < 4.78 is 15.1. The first-order chi connectivity index (χ1) is 9.33. The molecule has 1 saturated heterocycles. The molecule has 0 spiro atoms. The van der Waals surface area contributed by atoms with Gasteiger partial charge in [-0.15, -0.1) is 0 Å². The molecule has 2 aromatic rings. The van der Waals surface area contributed by atoms with Gasteiger partial charge in [-0.2, -0.15) is 0 Å². The number of aryl methyl sites for hydroxylation is 1. The molecule has 0 bridgehead atoms. The quantitative estimate of drug-likeness (QED) is 0.915. The molecule has 1 aromatic carbocycles. The fraction of sp³-hybridized carbons (Fsp3) is 0.400. The molecule has 19 heavy (non-hydrogen) atoms. The Morgan fingerprint density at radius 1 is 1.32 bits per heavy atom. The zero-order valence-corrected chi connectivity index (χ0v) is 10.8. The number of rotatable bonds is 4. The van der Waals surface area contributed by atoms with Gasteiger partial charge >= 0.3 is 0 Å². The van der Waals surface area contributed by atoms with Crippen LogP contribution in [0.1, 0.15) is 19.3 Å². The van der Waals surface area contributed by atoms with Crippen LogP contribution in [0.25, 0.3) is 11.3 Å². The Kier molecular flexibility index (Phi) is 3.60. The third kappa shape index (κ3) is 2.84. The number of hydrogen-bond acceptors (Lipinski definition) is 2. The molecule has 0 saturated carbocycles. The third-order valence-electron chi connectivity index (χ3n) is 3.73. The maximum Gasteiger partial charge on any atom is 0.123 e. The lowest BCUT2D eigenvalue weighted by Crippen LogP contribution is -2.22. The van der Waals surface area contributed by atoms with Crippen molar-refractivity contribution in [1.29, 1.82) is 0 Å². The number of imidazole rings is 1. The molecule has 0 amide bonds. The van der Waals surface area contributed by atoms with Crippen molar-refractivity contribution in [2.75, 3.05) is 6.54 Å². The summed E-state index contributed by atoms with van der Waals surface area (Å²) in [6, 6.07) is 7.22. The minimum Gasteiger partial charge on any atom is -0.331 e. The van der Waals surface area contributed by atoms with Gasteiger partial charge < -0.3 is 9.88 Å². The van der Waals surface area contributed by atoms with Crippen LogP contribution in [-0.4, -0.2) is 22.1 Å². The van der Waals surface area contributed by atoms with Crippen LogP contribution in [0.5, 0.6) is 0 Å². The highest BCUT2D eigenvalue weighted by Crippen LogP contribution is 2.20. The van der Waals surface area contributed by atoms with Crippen LogP contribution < -0.4 is 5.32 Å². The summed E-state index contributed by atoms with van der Waals surface area (Å²) in [5.41, 5.74) is 2.07. The summed E-state index contributed by atoms with van der Waals surface area (Å²) >= 11 is 0. The monoisotopic (exact) mass is 259 g/mol. The number of nitrogens with zero attached hydrogens (tertiary/aromatic N) is 2. The maximum absolute atomic E-state index is 13.0. The molecule has 1 aromatic heterocycles. The topological polar surface area (TPSA) is 29.9 Å². The maximum atomic E-state index is 13.0. The van der Waals surface area contributed by atoms with Gasteiger partial charge in [-0.3, -0.25) is 0 Å². The molecule has 100 valence electrons. The number of benzene rings is 1. The standard InChI is InChI=1S/C15H18FN3/c16-13-5-3-12(4-6-13)15-10-17-11-19(15)9-7-14-2-1-8-18-14/h3-6,10-11,14,18H,1-2,7-9H2. The highest BCUT2D eigenvalue weighted by Gasteiger charge is 2.14. The molecule has 3 rings (SSSR count). The second-order valence-corrected chi connectivity index (χ2v) is 5.06. The fourth-order valence-corrected chi connectivity index (χ4v) is 2.66. The van der Waals surface area contributed by atoms with Crippen molar-refractivity contribution in [1.82, 2.24) is 14.9 Å². The van der Waals surface area contributed by atoms with Gasteiger partial charge in [0.25, 0.3) is 0 Å². The Balaban J connectivity index is 1.72. The summed E-state index contributed by atoms with van der Waals surface area (Å²) in [5, 5.41) is 3.50. The Morgan fingerprint density at radius 2 is 2.16 bits per heavy atom. The van der Waals surface area contributed by atoms with E-state index in [1.165, 1.54) is 25.0 Å². The van der Waals surface area contributed by atoms with Gasteiger partial charge in [0, 0.05) is 12.6 Å². The molecule has 1 aliphatic heterocycles. The van der Waals surface area contributed by atoms with Crippen molar-refractivity contribution in [3.63, 3.8) is 0 Å². The van der Waals surface area contributed by atoms with E-state index in [0.717, 1.165) is 30.8 Å². The van der Waals surface area contributed by atoms with E-state index in [-0.39, 0.29) is 5.82 Å². The third-order valence-corrected chi connectivity index (χ3v) is 3.73. The number of halogens is 1. The molecule has 0 radical (unpaired) electrons. The highest BCUT2D eigenvalue weighted by atomic mass is 19.1. The predicted octanol–water partition coefficient (Wildman–Crippen LogP) is 2.83. The number of aromatic nitrogens is 2. The molecule has 1 N–H and O–H groups in total. The normalized spacial score (nSPS) is 18.9. The van der Waals surface area contributed by atoms with Crippen LogP contribution >= 0.6 is 0 Å². The van der Waals surface area contributed by atoms with Crippen LogP contribution in [0.4, 0.5) is 4.39 Å². The van der Waals surface area contributed by atoms with Crippen LogP contribution in [-0.2, 0) is 6.54 Å². The lowest BCUT2D eigenvalue weighted by Gasteiger charge is -2.12. The van der Waals surface area contributed by atoms with Gasteiger partial charge in [-0.05, 0) is 55.6 Å². The fourth-order valence-electron chi connectivity index (χ4n) is 2.66. The van der Waals surface area contributed by atoms with Crippen LogP contribution in [0.3, 0.4) is 0 Å². The van der Waals surface area contributed by atoms with Crippen LogP contribution in [0, 0.1) is 5.82 Å². The van der Waals surface area contributed by atoms with Crippen molar-refractivity contribution in [2.45, 2.75) is 31.8 Å². The lowest BCUT2D eigenvalue weighted by molar-refractivity contribution is 0.507.